The smallest absolute Gasteiger partial charge is 0.202 e. The Labute approximate surface area is 236 Å². The van der Waals surface area contributed by atoms with Crippen molar-refractivity contribution in [1.82, 2.24) is 0 Å². The van der Waals surface area contributed by atoms with Crippen LogP contribution in [-0.2, 0) is 0 Å². The molecule has 0 aromatic heterocycles. The summed E-state index contributed by atoms with van der Waals surface area (Å²) in [6.45, 7) is 0. The second-order valence-corrected chi connectivity index (χ2v) is 9.77. The van der Waals surface area contributed by atoms with Gasteiger partial charge in [-0.15, -0.1) is 0 Å². The van der Waals surface area contributed by atoms with Crippen LogP contribution in [0.2, 0.25) is 0 Å². The van der Waals surface area contributed by atoms with E-state index in [9.17, 15) is 45.3 Å². The molecule has 4 atom stereocenters. The normalized spacial score (nSPS) is 21.1. The molecular formula is C30H22O12. The van der Waals surface area contributed by atoms with E-state index in [1.54, 1.807) is 0 Å². The molecule has 0 unspecified atom stereocenters. The number of phenolic OH excluding ortho intramolecular Hbond substituents is 5. The Bertz CT molecular complexity index is 1750. The number of carbonyl (C=O) groups is 2. The fourth-order valence-electron chi connectivity index (χ4n) is 4.97. The maximum atomic E-state index is 12.8. The number of fused-ring (bicyclic) bond motifs is 2. The van der Waals surface area contributed by atoms with Crippen molar-refractivity contribution in [3.05, 3.63) is 89.0 Å². The summed E-state index contributed by atoms with van der Waals surface area (Å²) in [5.41, 5.74) is 0.115. The van der Waals surface area contributed by atoms with Crippen molar-refractivity contribution in [3.8, 4) is 51.7 Å². The number of benzene rings is 4. The number of phenols is 5. The highest BCUT2D eigenvalue weighted by atomic mass is 16.5. The molecule has 2 aliphatic rings. The third-order valence-electron chi connectivity index (χ3n) is 6.99. The highest BCUT2D eigenvalue weighted by Gasteiger charge is 2.40. The van der Waals surface area contributed by atoms with Gasteiger partial charge in [0, 0.05) is 24.3 Å². The van der Waals surface area contributed by atoms with E-state index in [1.165, 1.54) is 42.5 Å². The summed E-state index contributed by atoms with van der Waals surface area (Å²) in [5.74, 6) is -3.65. The molecule has 12 heteroatoms. The highest BCUT2D eigenvalue weighted by molar-refractivity contribution is 6.06. The summed E-state index contributed by atoms with van der Waals surface area (Å²) < 4.78 is 17.2. The van der Waals surface area contributed by atoms with Crippen LogP contribution < -0.4 is 14.2 Å². The number of Topliss-reactive ketones (excluding diaryl/α,β-unsaturated/α-hetero) is 2. The van der Waals surface area contributed by atoms with Crippen LogP contribution in [0.15, 0.2) is 66.7 Å². The Morgan fingerprint density at radius 3 is 1.57 bits per heavy atom. The second-order valence-electron chi connectivity index (χ2n) is 9.77. The maximum absolute atomic E-state index is 12.8. The molecule has 0 saturated carbocycles. The van der Waals surface area contributed by atoms with Crippen molar-refractivity contribution in [1.29, 1.82) is 0 Å². The SMILES string of the molecule is O=C1c2c(O)cc(O)cc2O[C@@H](c2ccc(Oc3cc([C@@H]4Oc5cc(O)cc(O)c5C(=O)[C@@H]4O)ccc3O)cc2)[C@H]1O. The predicted molar refractivity (Wildman–Crippen MR) is 142 cm³/mol. The van der Waals surface area contributed by atoms with Crippen LogP contribution in [0.5, 0.6) is 51.7 Å². The number of hydrogen-bond donors (Lipinski definition) is 7. The monoisotopic (exact) mass is 574 g/mol. The van der Waals surface area contributed by atoms with Crippen molar-refractivity contribution in [2.75, 3.05) is 0 Å². The minimum absolute atomic E-state index is 0.0583. The molecule has 42 heavy (non-hydrogen) atoms. The molecule has 4 aromatic rings. The molecule has 214 valence electrons. The molecule has 4 aromatic carbocycles. The Hall–Kier alpha value is -5.46. The maximum Gasteiger partial charge on any atom is 0.202 e. The van der Waals surface area contributed by atoms with Gasteiger partial charge in [-0.3, -0.25) is 9.59 Å². The molecule has 2 heterocycles. The molecular weight excluding hydrogens is 552 g/mol. The topological polar surface area (TPSA) is 203 Å². The van der Waals surface area contributed by atoms with Gasteiger partial charge in [-0.1, -0.05) is 18.2 Å². The highest BCUT2D eigenvalue weighted by Crippen LogP contribution is 2.44. The molecule has 2 aliphatic heterocycles. The quantitative estimate of drug-likeness (QED) is 0.187. The zero-order valence-corrected chi connectivity index (χ0v) is 21.3. The van der Waals surface area contributed by atoms with E-state index in [4.69, 9.17) is 14.2 Å². The number of ketones is 2. The lowest BCUT2D eigenvalue weighted by Crippen LogP contribution is -2.36. The van der Waals surface area contributed by atoms with Gasteiger partial charge in [0.05, 0.1) is 0 Å². The Balaban J connectivity index is 1.24. The number of aliphatic hydroxyl groups excluding tert-OH is 2. The van der Waals surface area contributed by atoms with Gasteiger partial charge >= 0.3 is 0 Å². The van der Waals surface area contributed by atoms with Crippen molar-refractivity contribution in [3.63, 3.8) is 0 Å². The first-order valence-electron chi connectivity index (χ1n) is 12.5. The Morgan fingerprint density at radius 1 is 0.571 bits per heavy atom. The number of carbonyl (C=O) groups excluding carboxylic acids is 2. The van der Waals surface area contributed by atoms with Crippen LogP contribution in [0.4, 0.5) is 0 Å². The van der Waals surface area contributed by atoms with Gasteiger partial charge < -0.3 is 50.0 Å². The van der Waals surface area contributed by atoms with Crippen molar-refractivity contribution < 1.29 is 59.5 Å². The lowest BCUT2D eigenvalue weighted by atomic mass is 9.92. The molecule has 0 radical (unpaired) electrons. The minimum atomic E-state index is -1.71. The van der Waals surface area contributed by atoms with E-state index in [0.29, 0.717) is 5.56 Å². The summed E-state index contributed by atoms with van der Waals surface area (Å²) in [5, 5.41) is 71.2. The van der Waals surface area contributed by atoms with Crippen LogP contribution in [-0.4, -0.2) is 59.5 Å². The first kappa shape index (κ1) is 26.7. The van der Waals surface area contributed by atoms with E-state index in [0.717, 1.165) is 24.3 Å². The third-order valence-corrected chi connectivity index (χ3v) is 6.99. The molecule has 0 bridgehead atoms. The molecule has 7 N–H and O–H groups in total. The molecule has 0 amide bonds. The Kier molecular flexibility index (Phi) is 6.29. The summed E-state index contributed by atoms with van der Waals surface area (Å²) >= 11 is 0. The van der Waals surface area contributed by atoms with Gasteiger partial charge in [-0.25, -0.2) is 0 Å². The zero-order valence-electron chi connectivity index (χ0n) is 21.3. The molecule has 6 rings (SSSR count). The van der Waals surface area contributed by atoms with E-state index in [-0.39, 0.29) is 56.9 Å². The number of ether oxygens (including phenoxy) is 3. The molecule has 12 nitrogen and oxygen atoms in total. The molecule has 0 aliphatic carbocycles. The van der Waals surface area contributed by atoms with Crippen molar-refractivity contribution in [2.45, 2.75) is 24.4 Å². The van der Waals surface area contributed by atoms with E-state index in [2.05, 4.69) is 0 Å². The lowest BCUT2D eigenvalue weighted by molar-refractivity contribution is 0.0207. The van der Waals surface area contributed by atoms with E-state index in [1.807, 2.05) is 0 Å². The number of aromatic hydroxyl groups is 5. The molecule has 0 spiro atoms. The standard InChI is InChI=1S/C30H22O12/c31-14-8-18(34)23-21(10-14)41-29(27(38)25(23)36)12-1-4-16(5-2-12)40-20-7-13(3-6-17(20)33)30-28(39)26(37)24-19(35)9-15(32)11-22(24)42-30/h1-11,27-35,38-39H/t27-,28-,29-,30-/m0/s1. The van der Waals surface area contributed by atoms with Crippen molar-refractivity contribution >= 4 is 11.6 Å². The predicted octanol–water partition coefficient (Wildman–Crippen LogP) is 3.36. The number of rotatable bonds is 4. The van der Waals surface area contributed by atoms with Crippen LogP contribution in [0, 0.1) is 0 Å². The van der Waals surface area contributed by atoms with Gasteiger partial charge in [0.1, 0.15) is 51.4 Å². The van der Waals surface area contributed by atoms with Gasteiger partial charge in [0.15, 0.2) is 35.9 Å². The van der Waals surface area contributed by atoms with Crippen molar-refractivity contribution in [2.24, 2.45) is 0 Å². The Morgan fingerprint density at radius 2 is 1.05 bits per heavy atom. The number of hydrogen-bond acceptors (Lipinski definition) is 12. The fourth-order valence-corrected chi connectivity index (χ4v) is 4.97. The van der Waals surface area contributed by atoms with Crippen LogP contribution in [0.1, 0.15) is 44.1 Å². The average molecular weight is 574 g/mol. The van der Waals surface area contributed by atoms with Gasteiger partial charge in [0.2, 0.25) is 11.6 Å². The first-order chi connectivity index (χ1) is 20.0. The lowest BCUT2D eigenvalue weighted by Gasteiger charge is -2.30. The summed E-state index contributed by atoms with van der Waals surface area (Å²) in [6, 6.07) is 14.2. The summed E-state index contributed by atoms with van der Waals surface area (Å²) in [6.07, 6.45) is -5.75. The largest absolute Gasteiger partial charge is 0.508 e. The van der Waals surface area contributed by atoms with Crippen LogP contribution in [0.3, 0.4) is 0 Å². The van der Waals surface area contributed by atoms with E-state index < -0.39 is 47.5 Å². The molecule has 0 saturated heterocycles. The third kappa shape index (κ3) is 4.44. The van der Waals surface area contributed by atoms with Crippen LogP contribution >= 0.6 is 0 Å². The average Bonchev–Trinajstić information content (AvgIpc) is 2.93. The molecule has 0 fully saturated rings. The minimum Gasteiger partial charge on any atom is -0.508 e. The second kappa shape index (κ2) is 9.87. The summed E-state index contributed by atoms with van der Waals surface area (Å²) in [4.78, 5) is 25.4. The van der Waals surface area contributed by atoms with Gasteiger partial charge in [-0.05, 0) is 35.4 Å². The fraction of sp³-hybridized carbons (Fsp3) is 0.133. The zero-order chi connectivity index (χ0) is 29.9. The van der Waals surface area contributed by atoms with Crippen LogP contribution in [0.25, 0.3) is 0 Å². The number of aliphatic hydroxyl groups is 2. The van der Waals surface area contributed by atoms with E-state index >= 15 is 0 Å². The van der Waals surface area contributed by atoms with Gasteiger partial charge in [-0.2, -0.15) is 0 Å². The first-order valence-corrected chi connectivity index (χ1v) is 12.5. The van der Waals surface area contributed by atoms with Gasteiger partial charge in [0.25, 0.3) is 0 Å². The summed E-state index contributed by atoms with van der Waals surface area (Å²) in [7, 11) is 0.